The van der Waals surface area contributed by atoms with Gasteiger partial charge in [-0.3, -0.25) is 4.79 Å². The van der Waals surface area contributed by atoms with Crippen molar-refractivity contribution in [1.82, 2.24) is 15.3 Å². The maximum absolute atomic E-state index is 13.1. The molecule has 2 heterocycles. The number of carbonyl (C=O) groups excluding carboxylic acids is 1. The van der Waals surface area contributed by atoms with Crippen molar-refractivity contribution < 1.29 is 9.18 Å². The van der Waals surface area contributed by atoms with Gasteiger partial charge >= 0.3 is 0 Å². The van der Waals surface area contributed by atoms with E-state index >= 15 is 0 Å². The van der Waals surface area contributed by atoms with Crippen LogP contribution in [0.3, 0.4) is 0 Å². The summed E-state index contributed by atoms with van der Waals surface area (Å²) >= 11 is 5.99. The molecular formula is C21H27ClFN5O. The summed E-state index contributed by atoms with van der Waals surface area (Å²) in [6, 6.07) is 6.19. The van der Waals surface area contributed by atoms with Crippen molar-refractivity contribution in [3.63, 3.8) is 0 Å². The first-order chi connectivity index (χ1) is 14.0. The Bertz CT molecular complexity index is 826. The average molecular weight is 420 g/mol. The van der Waals surface area contributed by atoms with E-state index in [1.807, 2.05) is 13.0 Å². The van der Waals surface area contributed by atoms with Crippen molar-refractivity contribution in [2.75, 3.05) is 29.9 Å². The molecule has 2 aromatic rings. The molecule has 1 fully saturated rings. The fourth-order valence-electron chi connectivity index (χ4n) is 3.53. The summed E-state index contributed by atoms with van der Waals surface area (Å²) in [7, 11) is 0. The van der Waals surface area contributed by atoms with Gasteiger partial charge in [-0.2, -0.15) is 0 Å². The largest absolute Gasteiger partial charge is 0.370 e. The van der Waals surface area contributed by atoms with Crippen LogP contribution in [0.15, 0.2) is 30.6 Å². The molecule has 0 radical (unpaired) electrons. The molecule has 1 aromatic heterocycles. The van der Waals surface area contributed by atoms with Crippen LogP contribution in [0.5, 0.6) is 0 Å². The Balaban J connectivity index is 1.39. The van der Waals surface area contributed by atoms with Gasteiger partial charge in [0.1, 0.15) is 23.8 Å². The minimum absolute atomic E-state index is 0.00102. The van der Waals surface area contributed by atoms with Gasteiger partial charge in [-0.1, -0.05) is 17.7 Å². The standard InChI is InChI=1S/C21H27ClFN5O/c1-2-24-19-12-20(27-14-26-19)28-9-7-15(8-10-28)3-6-21(29)25-13-16-4-5-17(23)11-18(16)22/h4-5,11-12,14-15H,2-3,6-10,13H2,1H3,(H,25,29)(H,24,26,27). The van der Waals surface area contributed by atoms with Crippen LogP contribution in [0, 0.1) is 11.7 Å². The highest BCUT2D eigenvalue weighted by Gasteiger charge is 2.21. The Kier molecular flexibility index (Phi) is 7.63. The number of hydrogen-bond acceptors (Lipinski definition) is 5. The zero-order valence-electron chi connectivity index (χ0n) is 16.6. The number of amides is 1. The number of piperidine rings is 1. The molecule has 1 aliphatic heterocycles. The molecule has 1 aliphatic rings. The number of nitrogens with one attached hydrogen (secondary N) is 2. The highest BCUT2D eigenvalue weighted by Crippen LogP contribution is 2.25. The normalized spacial score (nSPS) is 14.7. The van der Waals surface area contributed by atoms with Crippen LogP contribution in [0.25, 0.3) is 0 Å². The molecular weight excluding hydrogens is 393 g/mol. The van der Waals surface area contributed by atoms with Gasteiger partial charge in [-0.15, -0.1) is 0 Å². The van der Waals surface area contributed by atoms with Crippen molar-refractivity contribution in [3.05, 3.63) is 47.0 Å². The molecule has 2 N–H and O–H groups in total. The lowest BCUT2D eigenvalue weighted by Gasteiger charge is -2.32. The molecule has 0 unspecified atom stereocenters. The van der Waals surface area contributed by atoms with Crippen LogP contribution < -0.4 is 15.5 Å². The number of carbonyl (C=O) groups is 1. The van der Waals surface area contributed by atoms with E-state index < -0.39 is 0 Å². The topological polar surface area (TPSA) is 70.2 Å². The number of nitrogens with zero attached hydrogens (tertiary/aromatic N) is 3. The first-order valence-electron chi connectivity index (χ1n) is 10.1. The van der Waals surface area contributed by atoms with E-state index in [-0.39, 0.29) is 11.7 Å². The Morgan fingerprint density at radius 2 is 2.07 bits per heavy atom. The fourth-order valence-corrected chi connectivity index (χ4v) is 3.77. The minimum atomic E-state index is -0.378. The van der Waals surface area contributed by atoms with Crippen LogP contribution in [-0.4, -0.2) is 35.5 Å². The van der Waals surface area contributed by atoms with Crippen molar-refractivity contribution >= 4 is 29.1 Å². The predicted molar refractivity (Wildman–Crippen MR) is 114 cm³/mol. The molecule has 0 spiro atoms. The first-order valence-corrected chi connectivity index (χ1v) is 10.4. The van der Waals surface area contributed by atoms with E-state index in [9.17, 15) is 9.18 Å². The summed E-state index contributed by atoms with van der Waals surface area (Å²) in [4.78, 5) is 23.0. The summed E-state index contributed by atoms with van der Waals surface area (Å²) in [6.45, 7) is 5.05. The van der Waals surface area contributed by atoms with Gasteiger partial charge in [0.25, 0.3) is 0 Å². The average Bonchev–Trinajstić information content (AvgIpc) is 2.72. The summed E-state index contributed by atoms with van der Waals surface area (Å²) in [5, 5.41) is 6.41. The van der Waals surface area contributed by atoms with Gasteiger partial charge in [0.05, 0.1) is 0 Å². The van der Waals surface area contributed by atoms with Crippen LogP contribution in [0.2, 0.25) is 5.02 Å². The van der Waals surface area contributed by atoms with Gasteiger partial charge in [-0.25, -0.2) is 14.4 Å². The van der Waals surface area contributed by atoms with Gasteiger partial charge in [0, 0.05) is 43.7 Å². The second-order valence-electron chi connectivity index (χ2n) is 7.27. The predicted octanol–water partition coefficient (Wildman–Crippen LogP) is 4.01. The Morgan fingerprint density at radius 3 is 2.79 bits per heavy atom. The maximum Gasteiger partial charge on any atom is 0.220 e. The third-order valence-corrected chi connectivity index (χ3v) is 5.57. The summed E-state index contributed by atoms with van der Waals surface area (Å²) in [6.07, 6.45) is 5.02. The van der Waals surface area contributed by atoms with E-state index in [1.54, 1.807) is 12.4 Å². The fraction of sp³-hybridized carbons (Fsp3) is 0.476. The molecule has 0 bridgehead atoms. The second-order valence-corrected chi connectivity index (χ2v) is 7.68. The smallest absolute Gasteiger partial charge is 0.220 e. The zero-order chi connectivity index (χ0) is 20.6. The molecule has 156 valence electrons. The molecule has 3 rings (SSSR count). The Morgan fingerprint density at radius 1 is 1.28 bits per heavy atom. The molecule has 1 amide bonds. The maximum atomic E-state index is 13.1. The van der Waals surface area contributed by atoms with E-state index in [4.69, 9.17) is 11.6 Å². The molecule has 0 saturated carbocycles. The van der Waals surface area contributed by atoms with Crippen LogP contribution in [0.1, 0.15) is 38.2 Å². The number of halogens is 2. The van der Waals surface area contributed by atoms with Gasteiger partial charge < -0.3 is 15.5 Å². The third-order valence-electron chi connectivity index (χ3n) is 5.22. The molecule has 6 nitrogen and oxygen atoms in total. The summed E-state index contributed by atoms with van der Waals surface area (Å²) in [5.41, 5.74) is 0.719. The highest BCUT2D eigenvalue weighted by molar-refractivity contribution is 6.31. The SMILES string of the molecule is CCNc1cc(N2CCC(CCC(=O)NCc3ccc(F)cc3Cl)CC2)ncn1. The van der Waals surface area contributed by atoms with Gasteiger partial charge in [0.2, 0.25) is 5.91 Å². The van der Waals surface area contributed by atoms with E-state index in [1.165, 1.54) is 12.1 Å². The van der Waals surface area contributed by atoms with Crippen LogP contribution in [0.4, 0.5) is 16.0 Å². The lowest BCUT2D eigenvalue weighted by Crippen LogP contribution is -2.34. The van der Waals surface area contributed by atoms with Gasteiger partial charge in [0.15, 0.2) is 0 Å². The van der Waals surface area contributed by atoms with Crippen molar-refractivity contribution in [2.24, 2.45) is 5.92 Å². The minimum Gasteiger partial charge on any atom is -0.370 e. The number of aromatic nitrogens is 2. The van der Waals surface area contributed by atoms with E-state index in [2.05, 4.69) is 25.5 Å². The highest BCUT2D eigenvalue weighted by atomic mass is 35.5. The van der Waals surface area contributed by atoms with Crippen LogP contribution in [-0.2, 0) is 11.3 Å². The third kappa shape index (κ3) is 6.29. The molecule has 1 aromatic carbocycles. The van der Waals surface area contributed by atoms with Crippen molar-refractivity contribution in [1.29, 1.82) is 0 Å². The summed E-state index contributed by atoms with van der Waals surface area (Å²) in [5.74, 6) is 1.94. The summed E-state index contributed by atoms with van der Waals surface area (Å²) < 4.78 is 13.1. The lowest BCUT2D eigenvalue weighted by molar-refractivity contribution is -0.121. The molecule has 0 aliphatic carbocycles. The van der Waals surface area contributed by atoms with E-state index in [0.29, 0.717) is 23.9 Å². The number of rotatable bonds is 8. The zero-order valence-corrected chi connectivity index (χ0v) is 17.4. The lowest BCUT2D eigenvalue weighted by atomic mass is 9.92. The first kappa shape index (κ1) is 21.3. The second kappa shape index (κ2) is 10.4. The number of hydrogen-bond donors (Lipinski definition) is 2. The molecule has 29 heavy (non-hydrogen) atoms. The Labute approximate surface area is 175 Å². The molecule has 1 saturated heterocycles. The van der Waals surface area contributed by atoms with Crippen LogP contribution >= 0.6 is 11.6 Å². The van der Waals surface area contributed by atoms with E-state index in [0.717, 1.165) is 56.1 Å². The molecule has 8 heteroatoms. The quantitative estimate of drug-likeness (QED) is 0.676. The van der Waals surface area contributed by atoms with Crippen molar-refractivity contribution in [3.8, 4) is 0 Å². The molecule has 0 atom stereocenters. The number of benzene rings is 1. The monoisotopic (exact) mass is 419 g/mol. The van der Waals surface area contributed by atoms with Gasteiger partial charge in [-0.05, 0) is 49.8 Å². The Hall–Kier alpha value is -2.41. The van der Waals surface area contributed by atoms with Crippen molar-refractivity contribution in [2.45, 2.75) is 39.2 Å². The number of anilines is 2.